The number of Topliss-reactive ketones (excluding diaryl/α,β-unsaturated/α-hetero) is 2. The van der Waals surface area contributed by atoms with Crippen LogP contribution in [-0.4, -0.2) is 51.8 Å². The Kier molecular flexibility index (Phi) is 11.4. The third kappa shape index (κ3) is 7.56. The van der Waals surface area contributed by atoms with Crippen LogP contribution in [0.25, 0.3) is 0 Å². The number of ketones is 2. The Morgan fingerprint density at radius 1 is 0.680 bits per heavy atom. The van der Waals surface area contributed by atoms with Gasteiger partial charge in [-0.2, -0.15) is 20.7 Å². The normalized spacial score (nSPS) is 15.7. The van der Waals surface area contributed by atoms with Crippen molar-refractivity contribution in [2.24, 2.45) is 10.2 Å². The van der Waals surface area contributed by atoms with Crippen molar-refractivity contribution < 1.29 is 28.7 Å². The quantitative estimate of drug-likeness (QED) is 0.0953. The molecule has 0 atom stereocenters. The number of esters is 2. The van der Waals surface area contributed by atoms with Crippen LogP contribution in [0.3, 0.4) is 0 Å². The second kappa shape index (κ2) is 15.8. The van der Waals surface area contributed by atoms with Crippen LogP contribution >= 0.6 is 46.7 Å². The molecule has 0 N–H and O–H groups in total. The standard InChI is InChI=1S/C33H21Cl2N7O6S2/c1-3-47-32(45)28-39-41(20-12-8-18(34)9-13-20)30(49-28)22(16-36)26(43)24-6-5-7-25(38-24)27(44)23(17-37)31-42(21-14-10-19(35)11-15-21)40-29(50-31)33(46)48-4-2/h5-15H,3-4H2,1-2H3/b30-22+,31-23+. The number of pyridine rings is 1. The van der Waals surface area contributed by atoms with Crippen molar-refractivity contribution in [3.05, 3.63) is 109 Å². The lowest BCUT2D eigenvalue weighted by Gasteiger charge is -2.17. The van der Waals surface area contributed by atoms with E-state index in [0.717, 1.165) is 23.5 Å². The highest BCUT2D eigenvalue weighted by molar-refractivity contribution is 8.19. The number of nitriles is 2. The first kappa shape index (κ1) is 35.8. The highest BCUT2D eigenvalue weighted by Gasteiger charge is 2.36. The fraction of sp³-hybridized carbons (Fsp3) is 0.121. The Balaban J connectivity index is 1.53. The molecule has 250 valence electrons. The lowest BCUT2D eigenvalue weighted by molar-refractivity contribution is -0.135. The van der Waals surface area contributed by atoms with Gasteiger partial charge in [-0.1, -0.05) is 29.3 Å². The van der Waals surface area contributed by atoms with Gasteiger partial charge in [-0.25, -0.2) is 24.6 Å². The highest BCUT2D eigenvalue weighted by Crippen LogP contribution is 2.40. The van der Waals surface area contributed by atoms with Crippen molar-refractivity contribution in [3.63, 3.8) is 0 Å². The molecule has 2 aliphatic heterocycles. The van der Waals surface area contributed by atoms with Crippen LogP contribution in [0.5, 0.6) is 0 Å². The number of carbonyl (C=O) groups excluding carboxylic acids is 4. The fourth-order valence-electron chi connectivity index (χ4n) is 4.30. The van der Waals surface area contributed by atoms with E-state index in [1.165, 1.54) is 28.2 Å². The van der Waals surface area contributed by atoms with E-state index in [9.17, 15) is 29.7 Å². The lowest BCUT2D eigenvalue weighted by Crippen LogP contribution is -2.18. The van der Waals surface area contributed by atoms with Crippen LogP contribution in [0.1, 0.15) is 34.8 Å². The van der Waals surface area contributed by atoms with Crippen molar-refractivity contribution >= 4 is 91.7 Å². The number of anilines is 2. The van der Waals surface area contributed by atoms with Gasteiger partial charge in [0, 0.05) is 10.0 Å². The molecule has 0 unspecified atom stereocenters. The number of thioether (sulfide) groups is 2. The molecule has 0 fully saturated rings. The summed E-state index contributed by atoms with van der Waals surface area (Å²) in [6.45, 7) is 3.38. The van der Waals surface area contributed by atoms with Crippen LogP contribution < -0.4 is 10.0 Å². The second-order valence-corrected chi connectivity index (χ2v) is 12.5. The van der Waals surface area contributed by atoms with E-state index in [1.54, 1.807) is 62.4 Å². The molecule has 3 heterocycles. The van der Waals surface area contributed by atoms with Crippen molar-refractivity contribution in [3.8, 4) is 12.1 Å². The molecular formula is C33H21Cl2N7O6S2. The summed E-state index contributed by atoms with van der Waals surface area (Å²) in [5.41, 5.74) is -0.695. The molecule has 5 rings (SSSR count). The Labute approximate surface area is 303 Å². The number of hydrazone groups is 2. The van der Waals surface area contributed by atoms with E-state index in [2.05, 4.69) is 15.2 Å². The largest absolute Gasteiger partial charge is 0.461 e. The number of aromatic nitrogens is 1. The van der Waals surface area contributed by atoms with Crippen LogP contribution in [0.2, 0.25) is 10.0 Å². The Morgan fingerprint density at radius 3 is 1.40 bits per heavy atom. The molecule has 2 aromatic carbocycles. The number of benzene rings is 2. The van der Waals surface area contributed by atoms with Gasteiger partial charge < -0.3 is 9.47 Å². The lowest BCUT2D eigenvalue weighted by atomic mass is 10.1. The average molecular weight is 747 g/mol. The summed E-state index contributed by atoms with van der Waals surface area (Å²) < 4.78 is 10.1. The SMILES string of the molecule is CCOC(=O)C1=NN(c2ccc(Cl)cc2)/C(=C(/C#N)C(=O)c2cccc(C(=O)/C(C#N)=C3/SC(C(=O)OCC)=NN3c3ccc(Cl)cc3)n2)S1. The van der Waals surface area contributed by atoms with Crippen LogP contribution in [-0.2, 0) is 19.1 Å². The topological polar surface area (TPSA) is 178 Å². The summed E-state index contributed by atoms with van der Waals surface area (Å²) in [6.07, 6.45) is 0. The van der Waals surface area contributed by atoms with Crippen LogP contribution in [0.4, 0.5) is 11.4 Å². The van der Waals surface area contributed by atoms with Crippen LogP contribution in [0, 0.1) is 22.7 Å². The number of allylic oxidation sites excluding steroid dienone is 2. The summed E-state index contributed by atoms with van der Waals surface area (Å²) in [7, 11) is 0. The summed E-state index contributed by atoms with van der Waals surface area (Å²) in [4.78, 5) is 57.1. The molecule has 2 aliphatic rings. The predicted molar refractivity (Wildman–Crippen MR) is 189 cm³/mol. The maximum Gasteiger partial charge on any atom is 0.365 e. The monoisotopic (exact) mass is 745 g/mol. The van der Waals surface area contributed by atoms with Crippen molar-refractivity contribution in [1.29, 1.82) is 10.5 Å². The van der Waals surface area contributed by atoms with Crippen molar-refractivity contribution in [1.82, 2.24) is 4.98 Å². The van der Waals surface area contributed by atoms with Gasteiger partial charge >= 0.3 is 11.9 Å². The first-order chi connectivity index (χ1) is 24.1. The van der Waals surface area contributed by atoms with E-state index in [-0.39, 0.29) is 44.7 Å². The van der Waals surface area contributed by atoms with Gasteiger partial charge in [0.05, 0.1) is 24.6 Å². The molecule has 0 saturated heterocycles. The molecule has 3 aromatic rings. The van der Waals surface area contributed by atoms with Gasteiger partial charge in [0.2, 0.25) is 21.7 Å². The van der Waals surface area contributed by atoms with E-state index >= 15 is 0 Å². The molecule has 0 saturated carbocycles. The maximum atomic E-state index is 13.9. The number of hydrogen-bond acceptors (Lipinski definition) is 15. The number of carbonyl (C=O) groups is 4. The van der Waals surface area contributed by atoms with E-state index < -0.39 is 34.7 Å². The first-order valence-electron chi connectivity index (χ1n) is 14.4. The number of nitrogens with zero attached hydrogens (tertiary/aromatic N) is 7. The maximum absolute atomic E-state index is 13.9. The van der Waals surface area contributed by atoms with E-state index in [1.807, 2.05) is 12.1 Å². The molecular weight excluding hydrogens is 725 g/mol. The summed E-state index contributed by atoms with van der Waals surface area (Å²) in [5.74, 6) is -3.29. The molecule has 13 nitrogen and oxygen atoms in total. The minimum absolute atomic E-state index is 0.00848. The number of rotatable bonds is 10. The highest BCUT2D eigenvalue weighted by atomic mass is 35.5. The Bertz CT molecular complexity index is 1970. The zero-order chi connectivity index (χ0) is 35.9. The number of halogens is 2. The number of hydrogen-bond donors (Lipinski definition) is 0. The summed E-state index contributed by atoms with van der Waals surface area (Å²) in [6, 6.07) is 20.3. The average Bonchev–Trinajstić information content (AvgIpc) is 3.76. The summed E-state index contributed by atoms with van der Waals surface area (Å²) in [5, 5.41) is 32.0. The number of ether oxygens (including phenoxy) is 2. The molecule has 0 spiro atoms. The smallest absolute Gasteiger partial charge is 0.365 e. The summed E-state index contributed by atoms with van der Waals surface area (Å²) >= 11 is 13.6. The minimum Gasteiger partial charge on any atom is -0.461 e. The second-order valence-electron chi connectivity index (χ2n) is 9.68. The van der Waals surface area contributed by atoms with E-state index in [4.69, 9.17) is 32.7 Å². The van der Waals surface area contributed by atoms with Gasteiger partial charge in [-0.05, 0) is 98.0 Å². The van der Waals surface area contributed by atoms with Gasteiger partial charge in [-0.15, -0.1) is 0 Å². The third-order valence-corrected chi connectivity index (χ3v) is 9.04. The van der Waals surface area contributed by atoms with E-state index in [0.29, 0.717) is 21.4 Å². The minimum atomic E-state index is -0.888. The zero-order valence-electron chi connectivity index (χ0n) is 25.9. The molecule has 0 radical (unpaired) electrons. The molecule has 1 aromatic heterocycles. The molecule has 0 amide bonds. The van der Waals surface area contributed by atoms with Gasteiger partial charge in [0.15, 0.2) is 0 Å². The first-order valence-corrected chi connectivity index (χ1v) is 16.8. The Morgan fingerprint density at radius 2 is 1.06 bits per heavy atom. The molecule has 50 heavy (non-hydrogen) atoms. The predicted octanol–water partition coefficient (Wildman–Crippen LogP) is 6.48. The van der Waals surface area contributed by atoms with Gasteiger partial charge in [0.1, 0.15) is 44.7 Å². The van der Waals surface area contributed by atoms with Crippen molar-refractivity contribution in [2.45, 2.75) is 13.8 Å². The van der Waals surface area contributed by atoms with Gasteiger partial charge in [-0.3, -0.25) is 9.59 Å². The fourth-order valence-corrected chi connectivity index (χ4v) is 6.39. The third-order valence-electron chi connectivity index (χ3n) is 6.52. The molecule has 17 heteroatoms. The van der Waals surface area contributed by atoms with Crippen molar-refractivity contribution in [2.75, 3.05) is 23.2 Å². The Hall–Kier alpha value is -5.45. The molecule has 0 aliphatic carbocycles. The zero-order valence-corrected chi connectivity index (χ0v) is 29.1. The van der Waals surface area contributed by atoms with Crippen LogP contribution in [0.15, 0.2) is 98.1 Å². The molecule has 0 bridgehead atoms. The van der Waals surface area contributed by atoms with Gasteiger partial charge in [0.25, 0.3) is 0 Å².